The number of rotatable bonds is 4. The Morgan fingerprint density at radius 1 is 1.61 bits per heavy atom. The van der Waals surface area contributed by atoms with Gasteiger partial charge in [0.25, 0.3) is 0 Å². The molecule has 0 aliphatic heterocycles. The molecule has 2 heterocycles. The van der Waals surface area contributed by atoms with Gasteiger partial charge in [0.05, 0.1) is 19.0 Å². The highest BCUT2D eigenvalue weighted by molar-refractivity contribution is 5.87. The average molecular weight is 245 g/mol. The number of carboxylic acids is 1. The van der Waals surface area contributed by atoms with E-state index in [0.717, 1.165) is 5.76 Å². The molecule has 0 aliphatic carbocycles. The maximum atomic E-state index is 11.1. The van der Waals surface area contributed by atoms with E-state index in [0.29, 0.717) is 11.5 Å². The molecule has 2 rings (SSSR count). The molecule has 0 amide bonds. The number of hydrogen-bond donors (Lipinski definition) is 1. The van der Waals surface area contributed by atoms with Gasteiger partial charge in [-0.05, 0) is 19.1 Å². The molecule has 0 atom stereocenters. The van der Waals surface area contributed by atoms with Gasteiger partial charge in [-0.25, -0.2) is 4.79 Å². The van der Waals surface area contributed by atoms with E-state index in [2.05, 4.69) is 5.10 Å². The van der Waals surface area contributed by atoms with Crippen LogP contribution in [-0.2, 0) is 6.54 Å². The van der Waals surface area contributed by atoms with E-state index in [1.807, 2.05) is 6.07 Å². The van der Waals surface area contributed by atoms with Crippen molar-refractivity contribution in [2.24, 2.45) is 0 Å². The monoisotopic (exact) mass is 245 g/mol. The van der Waals surface area contributed by atoms with Crippen LogP contribution >= 0.6 is 0 Å². The lowest BCUT2D eigenvalue weighted by Crippen LogP contribution is -2.09. The zero-order valence-electron chi connectivity index (χ0n) is 9.75. The normalized spacial score (nSPS) is 10.2. The van der Waals surface area contributed by atoms with Crippen molar-refractivity contribution in [2.75, 3.05) is 0 Å². The van der Waals surface area contributed by atoms with Gasteiger partial charge in [-0.2, -0.15) is 10.4 Å². The van der Waals surface area contributed by atoms with Crippen molar-refractivity contribution < 1.29 is 14.3 Å². The molecule has 0 aromatic carbocycles. The van der Waals surface area contributed by atoms with Crippen LogP contribution in [0, 0.1) is 18.3 Å². The molecule has 0 fully saturated rings. The van der Waals surface area contributed by atoms with Crippen LogP contribution in [0.15, 0.2) is 22.6 Å². The van der Waals surface area contributed by atoms with Crippen LogP contribution < -0.4 is 0 Å². The van der Waals surface area contributed by atoms with Crippen molar-refractivity contribution in [3.05, 3.63) is 29.7 Å². The van der Waals surface area contributed by atoms with Crippen LogP contribution in [0.4, 0.5) is 0 Å². The third-order valence-electron chi connectivity index (χ3n) is 2.43. The molecule has 0 unspecified atom stereocenters. The average Bonchev–Trinajstić information content (AvgIpc) is 2.92. The lowest BCUT2D eigenvalue weighted by Gasteiger charge is -1.99. The Bertz CT molecular complexity index is 619. The van der Waals surface area contributed by atoms with Gasteiger partial charge in [0.2, 0.25) is 0 Å². The second-order valence-electron chi connectivity index (χ2n) is 3.76. The highest BCUT2D eigenvalue weighted by Crippen LogP contribution is 2.21. The molecule has 0 spiro atoms. The highest BCUT2D eigenvalue weighted by Gasteiger charge is 2.16. The van der Waals surface area contributed by atoms with E-state index in [1.54, 1.807) is 19.1 Å². The van der Waals surface area contributed by atoms with E-state index >= 15 is 0 Å². The molecule has 0 saturated heterocycles. The van der Waals surface area contributed by atoms with E-state index < -0.39 is 5.97 Å². The van der Waals surface area contributed by atoms with Crippen LogP contribution in [-0.4, -0.2) is 20.9 Å². The minimum atomic E-state index is -1.07. The van der Waals surface area contributed by atoms with Crippen LogP contribution in [0.3, 0.4) is 0 Å². The third kappa shape index (κ3) is 2.25. The van der Waals surface area contributed by atoms with Crippen LogP contribution in [0.2, 0.25) is 0 Å². The van der Waals surface area contributed by atoms with Crippen LogP contribution in [0.25, 0.3) is 11.5 Å². The zero-order chi connectivity index (χ0) is 13.1. The molecule has 2 aromatic heterocycles. The molecule has 0 aliphatic rings. The predicted molar refractivity (Wildman–Crippen MR) is 61.9 cm³/mol. The molecular weight excluding hydrogens is 234 g/mol. The van der Waals surface area contributed by atoms with Gasteiger partial charge < -0.3 is 9.52 Å². The van der Waals surface area contributed by atoms with Gasteiger partial charge in [0, 0.05) is 6.07 Å². The Morgan fingerprint density at radius 3 is 2.94 bits per heavy atom. The van der Waals surface area contributed by atoms with E-state index in [9.17, 15) is 4.79 Å². The summed E-state index contributed by atoms with van der Waals surface area (Å²) in [4.78, 5) is 11.1. The number of nitrogens with zero attached hydrogens (tertiary/aromatic N) is 3. The highest BCUT2D eigenvalue weighted by atomic mass is 16.4. The van der Waals surface area contributed by atoms with Crippen molar-refractivity contribution in [1.82, 2.24) is 9.78 Å². The third-order valence-corrected chi connectivity index (χ3v) is 2.43. The number of nitriles is 1. The SMILES string of the molecule is Cc1ccc(-c2cc(C(=O)O)n(CCC#N)n2)o1. The number of carbonyl (C=O) groups is 1. The number of furan rings is 1. The largest absolute Gasteiger partial charge is 0.477 e. The summed E-state index contributed by atoms with van der Waals surface area (Å²) in [6, 6.07) is 6.92. The zero-order valence-corrected chi connectivity index (χ0v) is 9.75. The first kappa shape index (κ1) is 11.9. The molecule has 18 heavy (non-hydrogen) atoms. The molecule has 6 heteroatoms. The molecule has 2 aromatic rings. The summed E-state index contributed by atoms with van der Waals surface area (Å²) >= 11 is 0. The predicted octanol–water partition coefficient (Wildman–Crippen LogP) is 2.06. The molecular formula is C12H11N3O3. The Kier molecular flexibility index (Phi) is 3.15. The molecule has 1 N–H and O–H groups in total. The Balaban J connectivity index is 2.39. The minimum Gasteiger partial charge on any atom is -0.477 e. The topological polar surface area (TPSA) is 92.0 Å². The first-order chi connectivity index (χ1) is 8.61. The van der Waals surface area contributed by atoms with Crippen molar-refractivity contribution >= 4 is 5.97 Å². The maximum Gasteiger partial charge on any atom is 0.354 e. The fraction of sp³-hybridized carbons (Fsp3) is 0.250. The number of aromatic carboxylic acids is 1. The number of carboxylic acid groups (broad SMARTS) is 1. The van der Waals surface area contributed by atoms with E-state index in [-0.39, 0.29) is 18.7 Å². The maximum absolute atomic E-state index is 11.1. The molecule has 0 bridgehead atoms. The van der Waals surface area contributed by atoms with Gasteiger partial charge in [-0.1, -0.05) is 0 Å². The second kappa shape index (κ2) is 4.75. The summed E-state index contributed by atoms with van der Waals surface area (Å²) in [5.41, 5.74) is 0.507. The van der Waals surface area contributed by atoms with Gasteiger partial charge in [0.15, 0.2) is 5.76 Å². The van der Waals surface area contributed by atoms with Crippen LogP contribution in [0.1, 0.15) is 22.7 Å². The fourth-order valence-corrected chi connectivity index (χ4v) is 1.61. The summed E-state index contributed by atoms with van der Waals surface area (Å²) in [7, 11) is 0. The summed E-state index contributed by atoms with van der Waals surface area (Å²) in [6.45, 7) is 2.05. The van der Waals surface area contributed by atoms with E-state index in [1.165, 1.54) is 10.7 Å². The summed E-state index contributed by atoms with van der Waals surface area (Å²) in [5.74, 6) is 0.175. The summed E-state index contributed by atoms with van der Waals surface area (Å²) < 4.78 is 6.69. The first-order valence-corrected chi connectivity index (χ1v) is 5.36. The summed E-state index contributed by atoms with van der Waals surface area (Å²) in [5, 5.41) is 21.7. The van der Waals surface area contributed by atoms with Gasteiger partial charge >= 0.3 is 5.97 Å². The van der Waals surface area contributed by atoms with Crippen molar-refractivity contribution in [2.45, 2.75) is 19.9 Å². The Morgan fingerprint density at radius 2 is 2.39 bits per heavy atom. The molecule has 0 saturated carbocycles. The van der Waals surface area contributed by atoms with Gasteiger partial charge in [-0.15, -0.1) is 0 Å². The quantitative estimate of drug-likeness (QED) is 0.889. The number of aromatic nitrogens is 2. The number of hydrogen-bond acceptors (Lipinski definition) is 4. The lowest BCUT2D eigenvalue weighted by atomic mass is 10.3. The fourth-order valence-electron chi connectivity index (χ4n) is 1.61. The second-order valence-corrected chi connectivity index (χ2v) is 3.76. The standard InChI is InChI=1S/C12H11N3O3/c1-8-3-4-11(18-8)9-7-10(12(16)17)15(14-9)6-2-5-13/h3-4,7H,2,6H2,1H3,(H,16,17). The lowest BCUT2D eigenvalue weighted by molar-refractivity contribution is 0.0683. The molecule has 92 valence electrons. The van der Waals surface area contributed by atoms with Crippen molar-refractivity contribution in [1.29, 1.82) is 5.26 Å². The van der Waals surface area contributed by atoms with E-state index in [4.69, 9.17) is 14.8 Å². The van der Waals surface area contributed by atoms with Gasteiger partial charge in [-0.3, -0.25) is 4.68 Å². The van der Waals surface area contributed by atoms with Crippen molar-refractivity contribution in [3.8, 4) is 17.5 Å². The number of aryl methyl sites for hydroxylation is 2. The first-order valence-electron chi connectivity index (χ1n) is 5.36. The molecule has 6 nitrogen and oxygen atoms in total. The summed E-state index contributed by atoms with van der Waals surface area (Å²) in [6.07, 6.45) is 0.207. The van der Waals surface area contributed by atoms with Crippen LogP contribution in [0.5, 0.6) is 0 Å². The van der Waals surface area contributed by atoms with Gasteiger partial charge in [0.1, 0.15) is 17.1 Å². The minimum absolute atomic E-state index is 0.0503. The smallest absolute Gasteiger partial charge is 0.354 e. The Labute approximate surface area is 103 Å². The Hall–Kier alpha value is -2.55. The van der Waals surface area contributed by atoms with Crippen molar-refractivity contribution in [3.63, 3.8) is 0 Å². The molecule has 0 radical (unpaired) electrons.